The van der Waals surface area contributed by atoms with E-state index in [1.165, 1.54) is 12.1 Å². The van der Waals surface area contributed by atoms with Gasteiger partial charge in [0.15, 0.2) is 5.76 Å². The van der Waals surface area contributed by atoms with Crippen LogP contribution >= 0.6 is 0 Å². The van der Waals surface area contributed by atoms with Gasteiger partial charge in [-0.05, 0) is 24.3 Å². The molecule has 0 aliphatic heterocycles. The Kier molecular flexibility index (Phi) is 2.67. The van der Waals surface area contributed by atoms with Crippen LogP contribution in [0.15, 0.2) is 34.7 Å². The highest BCUT2D eigenvalue weighted by Gasteiger charge is 2.10. The number of fused-ring (bicyclic) bond motifs is 1. The number of nitrogens with two attached hydrogens (primary N) is 1. The maximum atomic E-state index is 13.1. The van der Waals surface area contributed by atoms with E-state index < -0.39 is 0 Å². The zero-order chi connectivity index (χ0) is 13.4. The fourth-order valence-electron chi connectivity index (χ4n) is 1.94. The highest BCUT2D eigenvalue weighted by atomic mass is 19.1. The number of anilines is 1. The van der Waals surface area contributed by atoms with Crippen LogP contribution in [0.25, 0.3) is 22.4 Å². The summed E-state index contributed by atoms with van der Waals surface area (Å²) in [7, 11) is 0. The molecule has 3 rings (SSSR count). The quantitative estimate of drug-likeness (QED) is 0.765. The average Bonchev–Trinajstić information content (AvgIpc) is 2.80. The molecule has 96 valence electrons. The Morgan fingerprint density at radius 1 is 1.21 bits per heavy atom. The molecular weight excluding hydrogens is 245 g/mol. The van der Waals surface area contributed by atoms with Crippen LogP contribution in [0.2, 0.25) is 0 Å². The summed E-state index contributed by atoms with van der Waals surface area (Å²) in [6.07, 6.45) is 0.687. The fraction of sp³-hybridized carbons (Fsp3) is 0.143. The van der Waals surface area contributed by atoms with Gasteiger partial charge in [0.2, 0.25) is 0 Å². The van der Waals surface area contributed by atoms with Gasteiger partial charge in [-0.1, -0.05) is 6.92 Å². The molecule has 0 spiro atoms. The molecule has 5 heteroatoms. The molecule has 0 saturated heterocycles. The van der Waals surface area contributed by atoms with Crippen molar-refractivity contribution >= 4 is 16.8 Å². The van der Waals surface area contributed by atoms with E-state index in [2.05, 4.69) is 9.97 Å². The van der Waals surface area contributed by atoms with Gasteiger partial charge in [0.05, 0.1) is 0 Å². The van der Waals surface area contributed by atoms with Crippen LogP contribution in [-0.2, 0) is 6.42 Å². The highest BCUT2D eigenvalue weighted by molar-refractivity contribution is 5.82. The largest absolute Gasteiger partial charge is 0.454 e. The van der Waals surface area contributed by atoms with Crippen molar-refractivity contribution in [2.75, 3.05) is 5.73 Å². The SMILES string of the molecule is CCc1nc(N)cc(-c2cc3cc(F)ccc3o2)n1. The molecule has 4 nitrogen and oxygen atoms in total. The standard InChI is InChI=1S/C14H12FN3O/c1-2-14-17-10(7-13(16)18-14)12-6-8-5-9(15)3-4-11(8)19-12/h3-7H,2H2,1H3,(H2,16,17,18). The normalized spacial score (nSPS) is 11.1. The Balaban J connectivity index is 2.15. The molecule has 1 aromatic carbocycles. The number of rotatable bonds is 2. The lowest BCUT2D eigenvalue weighted by Crippen LogP contribution is -1.99. The van der Waals surface area contributed by atoms with Gasteiger partial charge in [-0.15, -0.1) is 0 Å². The molecule has 2 aromatic heterocycles. The summed E-state index contributed by atoms with van der Waals surface area (Å²) in [4.78, 5) is 8.47. The number of hydrogen-bond acceptors (Lipinski definition) is 4. The number of furan rings is 1. The third kappa shape index (κ3) is 2.14. The number of aromatic nitrogens is 2. The number of halogens is 1. The summed E-state index contributed by atoms with van der Waals surface area (Å²) in [6.45, 7) is 1.95. The molecule has 0 unspecified atom stereocenters. The Morgan fingerprint density at radius 2 is 2.05 bits per heavy atom. The molecule has 2 heterocycles. The Hall–Kier alpha value is -2.43. The molecule has 0 aliphatic carbocycles. The predicted molar refractivity (Wildman–Crippen MR) is 71.0 cm³/mol. The van der Waals surface area contributed by atoms with Crippen molar-refractivity contribution in [3.63, 3.8) is 0 Å². The summed E-state index contributed by atoms with van der Waals surface area (Å²) < 4.78 is 18.8. The monoisotopic (exact) mass is 257 g/mol. The molecule has 0 saturated carbocycles. The van der Waals surface area contributed by atoms with E-state index in [0.29, 0.717) is 40.5 Å². The van der Waals surface area contributed by atoms with Gasteiger partial charge in [0, 0.05) is 17.9 Å². The summed E-state index contributed by atoms with van der Waals surface area (Å²) >= 11 is 0. The van der Waals surface area contributed by atoms with E-state index >= 15 is 0 Å². The van der Waals surface area contributed by atoms with Crippen LogP contribution < -0.4 is 5.73 Å². The van der Waals surface area contributed by atoms with Crippen molar-refractivity contribution in [2.24, 2.45) is 0 Å². The number of nitrogens with zero attached hydrogens (tertiary/aromatic N) is 2. The van der Waals surface area contributed by atoms with Crippen LogP contribution in [0.4, 0.5) is 10.2 Å². The van der Waals surface area contributed by atoms with E-state index in [0.717, 1.165) is 0 Å². The third-order valence-electron chi connectivity index (χ3n) is 2.84. The fourth-order valence-corrected chi connectivity index (χ4v) is 1.94. The van der Waals surface area contributed by atoms with Crippen molar-refractivity contribution in [1.82, 2.24) is 9.97 Å². The molecule has 0 radical (unpaired) electrons. The Morgan fingerprint density at radius 3 is 2.84 bits per heavy atom. The minimum absolute atomic E-state index is 0.295. The van der Waals surface area contributed by atoms with Gasteiger partial charge in [-0.3, -0.25) is 0 Å². The van der Waals surface area contributed by atoms with Crippen molar-refractivity contribution in [1.29, 1.82) is 0 Å². The van der Waals surface area contributed by atoms with Crippen LogP contribution in [-0.4, -0.2) is 9.97 Å². The predicted octanol–water partition coefficient (Wildman–Crippen LogP) is 3.17. The van der Waals surface area contributed by atoms with Crippen LogP contribution in [0.3, 0.4) is 0 Å². The summed E-state index contributed by atoms with van der Waals surface area (Å²) in [5, 5.41) is 0.699. The lowest BCUT2D eigenvalue weighted by molar-refractivity contribution is 0.617. The second kappa shape index (κ2) is 4.35. The zero-order valence-corrected chi connectivity index (χ0v) is 10.4. The first kappa shape index (κ1) is 11.6. The molecule has 2 N–H and O–H groups in total. The van der Waals surface area contributed by atoms with Crippen LogP contribution in [0.1, 0.15) is 12.7 Å². The first-order valence-corrected chi connectivity index (χ1v) is 5.98. The second-order valence-corrected chi connectivity index (χ2v) is 4.24. The molecule has 3 aromatic rings. The van der Waals surface area contributed by atoms with Gasteiger partial charge >= 0.3 is 0 Å². The molecule has 0 aliphatic rings. The molecule has 0 amide bonds. The maximum Gasteiger partial charge on any atom is 0.154 e. The van der Waals surface area contributed by atoms with Crippen molar-refractivity contribution < 1.29 is 8.81 Å². The van der Waals surface area contributed by atoms with Gasteiger partial charge in [0.1, 0.15) is 28.7 Å². The van der Waals surface area contributed by atoms with Crippen LogP contribution in [0.5, 0.6) is 0 Å². The number of nitrogen functional groups attached to an aromatic ring is 1. The smallest absolute Gasteiger partial charge is 0.154 e. The number of aryl methyl sites for hydroxylation is 1. The molecule has 19 heavy (non-hydrogen) atoms. The molecule has 0 bridgehead atoms. The highest BCUT2D eigenvalue weighted by Crippen LogP contribution is 2.27. The van der Waals surface area contributed by atoms with Gasteiger partial charge in [-0.25, -0.2) is 14.4 Å². The van der Waals surface area contributed by atoms with Crippen molar-refractivity contribution in [3.8, 4) is 11.5 Å². The molecule has 0 atom stereocenters. The van der Waals surface area contributed by atoms with Gasteiger partial charge < -0.3 is 10.2 Å². The first-order chi connectivity index (χ1) is 9.15. The second-order valence-electron chi connectivity index (χ2n) is 4.24. The minimum atomic E-state index is -0.295. The van der Waals surface area contributed by atoms with Crippen LogP contribution in [0, 0.1) is 5.82 Å². The third-order valence-corrected chi connectivity index (χ3v) is 2.84. The zero-order valence-electron chi connectivity index (χ0n) is 10.4. The van der Waals surface area contributed by atoms with Gasteiger partial charge in [-0.2, -0.15) is 0 Å². The minimum Gasteiger partial charge on any atom is -0.454 e. The van der Waals surface area contributed by atoms with E-state index in [4.69, 9.17) is 10.2 Å². The van der Waals surface area contributed by atoms with Crippen molar-refractivity contribution in [2.45, 2.75) is 13.3 Å². The van der Waals surface area contributed by atoms with Crippen molar-refractivity contribution in [3.05, 3.63) is 42.0 Å². The number of benzene rings is 1. The summed E-state index contributed by atoms with van der Waals surface area (Å²) in [6, 6.07) is 7.78. The first-order valence-electron chi connectivity index (χ1n) is 5.98. The van der Waals surface area contributed by atoms with E-state index in [9.17, 15) is 4.39 Å². The topological polar surface area (TPSA) is 64.9 Å². The van der Waals surface area contributed by atoms with E-state index in [-0.39, 0.29) is 5.82 Å². The average molecular weight is 257 g/mol. The summed E-state index contributed by atoms with van der Waals surface area (Å²) in [5.74, 6) is 1.32. The van der Waals surface area contributed by atoms with E-state index in [1.54, 1.807) is 18.2 Å². The summed E-state index contributed by atoms with van der Waals surface area (Å²) in [5.41, 5.74) is 6.97. The maximum absolute atomic E-state index is 13.1. The Bertz CT molecular complexity index is 752. The number of hydrogen-bond donors (Lipinski definition) is 1. The van der Waals surface area contributed by atoms with Gasteiger partial charge in [0.25, 0.3) is 0 Å². The lowest BCUT2D eigenvalue weighted by Gasteiger charge is -2.01. The molecule has 0 fully saturated rings. The van der Waals surface area contributed by atoms with E-state index in [1.807, 2.05) is 6.92 Å². The Labute approximate surface area is 109 Å². The molecular formula is C14H12FN3O. The lowest BCUT2D eigenvalue weighted by atomic mass is 10.2.